The Morgan fingerprint density at radius 1 is 1.14 bits per heavy atom. The van der Waals surface area contributed by atoms with Gasteiger partial charge in [-0.05, 0) is 36.7 Å². The lowest BCUT2D eigenvalue weighted by Gasteiger charge is -2.37. The van der Waals surface area contributed by atoms with E-state index >= 15 is 0 Å². The van der Waals surface area contributed by atoms with Gasteiger partial charge in [-0.1, -0.05) is 20.8 Å². The molecule has 1 heterocycles. The number of hydrogen-bond acceptors (Lipinski definition) is 6. The van der Waals surface area contributed by atoms with Gasteiger partial charge in [0.25, 0.3) is 0 Å². The third kappa shape index (κ3) is 8.00. The van der Waals surface area contributed by atoms with Gasteiger partial charge in [0.1, 0.15) is 11.5 Å². The van der Waals surface area contributed by atoms with E-state index < -0.39 is 8.32 Å². The van der Waals surface area contributed by atoms with Crippen molar-refractivity contribution in [3.63, 3.8) is 0 Å². The van der Waals surface area contributed by atoms with E-state index in [0.717, 1.165) is 5.56 Å². The number of hydrogen-bond donors (Lipinski definition) is 0. The van der Waals surface area contributed by atoms with Crippen molar-refractivity contribution in [3.8, 4) is 23.3 Å². The maximum atomic E-state index is 13.5. The van der Waals surface area contributed by atoms with Gasteiger partial charge in [-0.3, -0.25) is 9.59 Å². The Balaban J connectivity index is 2.15. The summed E-state index contributed by atoms with van der Waals surface area (Å²) in [6, 6.07) is 5.67. The van der Waals surface area contributed by atoms with Gasteiger partial charge in [-0.25, -0.2) is 0 Å². The molecule has 0 aliphatic carbocycles. The molecule has 0 bridgehead atoms. The Morgan fingerprint density at radius 2 is 1.86 bits per heavy atom. The molecule has 1 aliphatic rings. The fraction of sp³-hybridized carbons (Fsp3) is 0.643. The number of unbranched alkanes of at least 4 members (excludes halogenated alkanes) is 1. The molecular formula is C28H43NO6Si. The van der Waals surface area contributed by atoms with Crippen LogP contribution in [0.1, 0.15) is 52.0 Å². The van der Waals surface area contributed by atoms with E-state index in [9.17, 15) is 9.59 Å². The highest BCUT2D eigenvalue weighted by Gasteiger charge is 2.43. The summed E-state index contributed by atoms with van der Waals surface area (Å²) in [5, 5.41) is 0.0979. The minimum Gasteiger partial charge on any atom is -0.497 e. The first kappa shape index (κ1) is 29.7. The largest absolute Gasteiger partial charge is 0.497 e. The van der Waals surface area contributed by atoms with Crippen molar-refractivity contribution in [2.75, 3.05) is 34.5 Å². The number of carbonyl (C=O) groups excluding carboxylic acids is 2. The summed E-state index contributed by atoms with van der Waals surface area (Å²) in [4.78, 5) is 26.7. The van der Waals surface area contributed by atoms with Crippen LogP contribution in [0.3, 0.4) is 0 Å². The average molecular weight is 518 g/mol. The van der Waals surface area contributed by atoms with Gasteiger partial charge < -0.3 is 23.5 Å². The van der Waals surface area contributed by atoms with E-state index in [1.54, 1.807) is 14.2 Å². The van der Waals surface area contributed by atoms with Crippen LogP contribution in [0.15, 0.2) is 18.2 Å². The number of nitrogens with zero attached hydrogens (tertiary/aromatic N) is 1. The van der Waals surface area contributed by atoms with Crippen molar-refractivity contribution in [3.05, 3.63) is 23.8 Å². The molecule has 1 aromatic carbocycles. The molecule has 8 heteroatoms. The Kier molecular flexibility index (Phi) is 10.9. The molecule has 1 amide bonds. The first-order valence-electron chi connectivity index (χ1n) is 12.6. The van der Waals surface area contributed by atoms with Crippen LogP contribution in [-0.2, 0) is 25.3 Å². The molecule has 1 aliphatic heterocycles. The highest BCUT2D eigenvalue weighted by Crippen LogP contribution is 2.38. The SMILES string of the molecule is COC(=O)CCCC#CC[C@H]1C(=O)N(Cc2ccc(OC)cc2OC)C[C@@H]1CO[Si](C)(C)C(C)(C)C. The molecular weight excluding hydrogens is 474 g/mol. The lowest BCUT2D eigenvalue weighted by molar-refractivity contribution is -0.140. The number of carbonyl (C=O) groups is 2. The first-order valence-corrected chi connectivity index (χ1v) is 15.5. The highest BCUT2D eigenvalue weighted by atomic mass is 28.4. The number of ether oxygens (including phenoxy) is 3. The fourth-order valence-corrected chi connectivity index (χ4v) is 4.98. The molecule has 1 fully saturated rings. The second-order valence-electron chi connectivity index (χ2n) is 10.8. The number of methoxy groups -OCH3 is 3. The molecule has 0 aromatic heterocycles. The molecule has 1 aromatic rings. The summed E-state index contributed by atoms with van der Waals surface area (Å²) in [5.41, 5.74) is 0.935. The summed E-state index contributed by atoms with van der Waals surface area (Å²) < 4.78 is 22.1. The van der Waals surface area contributed by atoms with Crippen LogP contribution in [0.2, 0.25) is 18.1 Å². The Morgan fingerprint density at radius 3 is 2.47 bits per heavy atom. The number of amides is 1. The lowest BCUT2D eigenvalue weighted by Crippen LogP contribution is -2.42. The highest BCUT2D eigenvalue weighted by molar-refractivity contribution is 6.74. The van der Waals surface area contributed by atoms with Crippen molar-refractivity contribution < 1.29 is 28.2 Å². The summed E-state index contributed by atoms with van der Waals surface area (Å²) >= 11 is 0. The predicted molar refractivity (Wildman–Crippen MR) is 143 cm³/mol. The summed E-state index contributed by atoms with van der Waals surface area (Å²) in [7, 11) is 2.68. The normalized spacial score (nSPS) is 18.0. The Bertz CT molecular complexity index is 959. The maximum Gasteiger partial charge on any atom is 0.305 e. The third-order valence-electron chi connectivity index (χ3n) is 7.33. The van der Waals surface area contributed by atoms with Crippen molar-refractivity contribution in [1.29, 1.82) is 0 Å². The second kappa shape index (κ2) is 13.2. The number of esters is 1. The van der Waals surface area contributed by atoms with Crippen LogP contribution in [-0.4, -0.2) is 59.6 Å². The lowest BCUT2D eigenvalue weighted by atomic mass is 9.93. The van der Waals surface area contributed by atoms with E-state index in [2.05, 4.69) is 50.4 Å². The van der Waals surface area contributed by atoms with Gasteiger partial charge >= 0.3 is 5.97 Å². The van der Waals surface area contributed by atoms with E-state index in [4.69, 9.17) is 13.9 Å². The zero-order valence-electron chi connectivity index (χ0n) is 23.2. The molecule has 0 unspecified atom stereocenters. The van der Waals surface area contributed by atoms with Gasteiger partial charge in [-0.15, -0.1) is 11.8 Å². The third-order valence-corrected chi connectivity index (χ3v) is 11.8. The smallest absolute Gasteiger partial charge is 0.305 e. The van der Waals surface area contributed by atoms with Crippen LogP contribution >= 0.6 is 0 Å². The van der Waals surface area contributed by atoms with Crippen LogP contribution in [0.25, 0.3) is 0 Å². The van der Waals surface area contributed by atoms with E-state index in [0.29, 0.717) is 56.9 Å². The molecule has 0 radical (unpaired) electrons. The zero-order valence-corrected chi connectivity index (χ0v) is 24.2. The number of rotatable bonds is 11. The standard InChI is InChI=1S/C28H43NO6Si/c1-28(2,3)36(7,8)35-20-22-19-29(18-21-15-16-23(32-4)17-25(21)33-5)27(31)24(22)13-11-9-10-12-14-26(30)34-6/h15-17,22,24H,10,12-14,18-20H2,1-8H3/t22-,24-/m1/s1. The summed E-state index contributed by atoms with van der Waals surface area (Å²) in [6.45, 7) is 12.8. The average Bonchev–Trinajstić information content (AvgIpc) is 3.13. The van der Waals surface area contributed by atoms with E-state index in [1.807, 2.05) is 23.1 Å². The molecule has 0 N–H and O–H groups in total. The minimum absolute atomic E-state index is 0.0697. The van der Waals surface area contributed by atoms with Gasteiger partial charge in [0, 0.05) is 56.5 Å². The molecule has 200 valence electrons. The Labute approximate surface area is 217 Å². The van der Waals surface area contributed by atoms with E-state index in [1.165, 1.54) is 7.11 Å². The van der Waals surface area contributed by atoms with E-state index in [-0.39, 0.29) is 28.8 Å². The van der Waals surface area contributed by atoms with Crippen molar-refractivity contribution in [2.24, 2.45) is 11.8 Å². The molecule has 0 spiro atoms. The molecule has 36 heavy (non-hydrogen) atoms. The van der Waals surface area contributed by atoms with Gasteiger partial charge in [0.15, 0.2) is 8.32 Å². The molecule has 2 atom stereocenters. The molecule has 0 saturated carbocycles. The van der Waals surface area contributed by atoms with Gasteiger partial charge in [0.05, 0.1) is 27.2 Å². The van der Waals surface area contributed by atoms with Crippen LogP contribution in [0, 0.1) is 23.7 Å². The summed E-state index contributed by atoms with van der Waals surface area (Å²) in [5.74, 6) is 7.46. The van der Waals surface area contributed by atoms with Crippen molar-refractivity contribution in [2.45, 2.75) is 71.1 Å². The van der Waals surface area contributed by atoms with Crippen LogP contribution in [0.5, 0.6) is 11.5 Å². The van der Waals surface area contributed by atoms with Gasteiger partial charge in [-0.2, -0.15) is 0 Å². The maximum absolute atomic E-state index is 13.5. The first-order chi connectivity index (χ1) is 16.9. The van der Waals surface area contributed by atoms with Crippen molar-refractivity contribution >= 4 is 20.2 Å². The number of benzene rings is 1. The fourth-order valence-electron chi connectivity index (χ4n) is 3.92. The topological polar surface area (TPSA) is 74.3 Å². The molecule has 2 rings (SSSR count). The van der Waals surface area contributed by atoms with Crippen LogP contribution < -0.4 is 9.47 Å². The van der Waals surface area contributed by atoms with Crippen LogP contribution in [0.4, 0.5) is 0 Å². The predicted octanol–water partition coefficient (Wildman–Crippen LogP) is 5.04. The van der Waals surface area contributed by atoms with Gasteiger partial charge in [0.2, 0.25) is 5.91 Å². The molecule has 7 nitrogen and oxygen atoms in total. The summed E-state index contributed by atoms with van der Waals surface area (Å²) in [6.07, 6.45) is 2.10. The number of likely N-dealkylation sites (tertiary alicyclic amines) is 1. The second-order valence-corrected chi connectivity index (χ2v) is 15.6. The Hall–Kier alpha value is -2.50. The monoisotopic (exact) mass is 517 g/mol. The molecule has 1 saturated heterocycles. The van der Waals surface area contributed by atoms with Crippen molar-refractivity contribution in [1.82, 2.24) is 4.90 Å². The minimum atomic E-state index is -1.95. The quantitative estimate of drug-likeness (QED) is 0.177. The zero-order chi connectivity index (χ0) is 26.9.